The number of carbonyl (C=O) groups excluding carboxylic acids is 3. The molecule has 33 heavy (non-hydrogen) atoms. The Balaban J connectivity index is 1.97. The highest BCUT2D eigenvalue weighted by molar-refractivity contribution is 6.31. The molecule has 0 fully saturated rings. The largest absolute Gasteiger partial charge is 0.467 e. The van der Waals surface area contributed by atoms with Gasteiger partial charge >= 0.3 is 5.97 Å². The van der Waals surface area contributed by atoms with Gasteiger partial charge in [-0.1, -0.05) is 47.5 Å². The minimum absolute atomic E-state index is 0.100. The van der Waals surface area contributed by atoms with E-state index < -0.39 is 35.7 Å². The molecule has 0 aliphatic carbocycles. The molecule has 0 spiro atoms. The lowest BCUT2D eigenvalue weighted by molar-refractivity contribution is -0.147. The molecule has 9 heteroatoms. The second kappa shape index (κ2) is 9.21. The van der Waals surface area contributed by atoms with Crippen molar-refractivity contribution in [2.75, 3.05) is 12.4 Å². The third kappa shape index (κ3) is 4.42. The van der Waals surface area contributed by atoms with Crippen LogP contribution in [0.3, 0.4) is 0 Å². The highest BCUT2D eigenvalue weighted by atomic mass is 35.5. The molecule has 4 rings (SSSR count). The van der Waals surface area contributed by atoms with Crippen molar-refractivity contribution in [1.82, 2.24) is 4.90 Å². The molecule has 0 saturated heterocycles. The van der Waals surface area contributed by atoms with Gasteiger partial charge in [-0.05, 0) is 53.6 Å². The van der Waals surface area contributed by atoms with Crippen LogP contribution in [0.25, 0.3) is 0 Å². The van der Waals surface area contributed by atoms with Gasteiger partial charge in [0.2, 0.25) is 0 Å². The summed E-state index contributed by atoms with van der Waals surface area (Å²) in [7, 11) is 1.17. The first-order valence-electron chi connectivity index (χ1n) is 9.82. The number of rotatable bonds is 4. The van der Waals surface area contributed by atoms with Gasteiger partial charge in [-0.2, -0.15) is 0 Å². The fourth-order valence-electron chi connectivity index (χ4n) is 3.78. The molecule has 1 aliphatic rings. The Morgan fingerprint density at radius 3 is 2.27 bits per heavy atom. The molecule has 2 unspecified atom stereocenters. The van der Waals surface area contributed by atoms with E-state index in [9.17, 15) is 18.8 Å². The summed E-state index contributed by atoms with van der Waals surface area (Å²) in [6.45, 7) is 0. The number of amides is 2. The Morgan fingerprint density at radius 1 is 1.00 bits per heavy atom. The quantitative estimate of drug-likeness (QED) is 0.515. The Morgan fingerprint density at radius 2 is 1.64 bits per heavy atom. The number of halogens is 3. The third-order valence-corrected chi connectivity index (χ3v) is 5.79. The molecule has 2 atom stereocenters. The number of methoxy groups -OCH3 is 1. The predicted octanol–water partition coefficient (Wildman–Crippen LogP) is 5.18. The van der Waals surface area contributed by atoms with E-state index in [-0.39, 0.29) is 21.8 Å². The minimum Gasteiger partial charge on any atom is -0.467 e. The molecule has 168 valence electrons. The molecule has 0 aromatic heterocycles. The summed E-state index contributed by atoms with van der Waals surface area (Å²) < 4.78 is 18.6. The van der Waals surface area contributed by atoms with Crippen LogP contribution >= 0.6 is 23.2 Å². The number of nitrogens with zero attached hydrogens (tertiary/aromatic N) is 1. The molecule has 6 nitrogen and oxygen atoms in total. The summed E-state index contributed by atoms with van der Waals surface area (Å²) in [5.74, 6) is -2.51. The van der Waals surface area contributed by atoms with E-state index >= 15 is 0 Å². The fourth-order valence-corrected chi connectivity index (χ4v) is 4.07. The second-order valence-electron chi connectivity index (χ2n) is 7.32. The zero-order chi connectivity index (χ0) is 23.7. The van der Waals surface area contributed by atoms with Crippen molar-refractivity contribution < 1.29 is 23.5 Å². The number of ether oxygens (including phenoxy) is 1. The standard InChI is InChI=1S/C24H17Cl2FN2O4/c1-33-24(32)21(14-4-9-17(27)10-5-14)29-20(13-2-6-15(25)7-3-13)22(30)28-19-11-8-16(26)12-18(19)23(29)31/h2-12,20-21H,1H3,(H,28,30). The zero-order valence-electron chi connectivity index (χ0n) is 17.2. The smallest absolute Gasteiger partial charge is 0.333 e. The summed E-state index contributed by atoms with van der Waals surface area (Å²) >= 11 is 12.1. The van der Waals surface area contributed by atoms with Crippen LogP contribution < -0.4 is 5.32 Å². The number of esters is 1. The predicted molar refractivity (Wildman–Crippen MR) is 122 cm³/mol. The van der Waals surface area contributed by atoms with Crippen molar-refractivity contribution >= 4 is 46.7 Å². The van der Waals surface area contributed by atoms with E-state index in [1.165, 1.54) is 31.4 Å². The average Bonchev–Trinajstić information content (AvgIpc) is 2.90. The molecule has 1 N–H and O–H groups in total. The summed E-state index contributed by atoms with van der Waals surface area (Å²) in [6.07, 6.45) is 0. The normalized spacial score (nSPS) is 16.5. The van der Waals surface area contributed by atoms with Crippen molar-refractivity contribution in [2.45, 2.75) is 12.1 Å². The lowest BCUT2D eigenvalue weighted by Crippen LogP contribution is -2.44. The van der Waals surface area contributed by atoms with E-state index in [1.807, 2.05) is 0 Å². The highest BCUT2D eigenvalue weighted by Gasteiger charge is 2.44. The van der Waals surface area contributed by atoms with Gasteiger partial charge in [0.15, 0.2) is 6.04 Å². The van der Waals surface area contributed by atoms with E-state index in [0.717, 1.165) is 17.0 Å². The SMILES string of the molecule is COC(=O)C(c1ccc(F)cc1)N1C(=O)c2cc(Cl)ccc2NC(=O)C1c1ccc(Cl)cc1. The molecule has 1 aliphatic heterocycles. The molecule has 2 amide bonds. The zero-order valence-corrected chi connectivity index (χ0v) is 18.7. The lowest BCUT2D eigenvalue weighted by Gasteiger charge is -2.35. The summed E-state index contributed by atoms with van der Waals surface area (Å²) in [4.78, 5) is 41.4. The minimum atomic E-state index is -1.35. The van der Waals surface area contributed by atoms with Crippen LogP contribution in [0, 0.1) is 5.82 Å². The first-order valence-corrected chi connectivity index (χ1v) is 10.6. The number of benzene rings is 3. The maximum atomic E-state index is 13.9. The van der Waals surface area contributed by atoms with Crippen molar-refractivity contribution in [1.29, 1.82) is 0 Å². The van der Waals surface area contributed by atoms with Crippen LogP contribution in [0.5, 0.6) is 0 Å². The third-order valence-electron chi connectivity index (χ3n) is 5.31. The van der Waals surface area contributed by atoms with Crippen LogP contribution in [0.15, 0.2) is 66.7 Å². The van der Waals surface area contributed by atoms with Gasteiger partial charge in [-0.25, -0.2) is 9.18 Å². The van der Waals surface area contributed by atoms with E-state index in [4.69, 9.17) is 27.9 Å². The topological polar surface area (TPSA) is 75.7 Å². The maximum Gasteiger partial charge on any atom is 0.333 e. The molecule has 0 radical (unpaired) electrons. The number of hydrogen-bond acceptors (Lipinski definition) is 4. The summed E-state index contributed by atoms with van der Waals surface area (Å²) in [5, 5.41) is 3.45. The van der Waals surface area contributed by atoms with Gasteiger partial charge in [0.05, 0.1) is 18.4 Å². The molecular weight excluding hydrogens is 470 g/mol. The van der Waals surface area contributed by atoms with Crippen molar-refractivity contribution in [3.05, 3.63) is 99.3 Å². The number of anilines is 1. The van der Waals surface area contributed by atoms with Crippen LogP contribution in [0.1, 0.15) is 33.6 Å². The number of hydrogen-bond donors (Lipinski definition) is 1. The van der Waals surface area contributed by atoms with Gasteiger partial charge in [0.25, 0.3) is 11.8 Å². The van der Waals surface area contributed by atoms with Crippen molar-refractivity contribution in [2.24, 2.45) is 0 Å². The average molecular weight is 487 g/mol. The molecule has 3 aromatic carbocycles. The van der Waals surface area contributed by atoms with E-state index in [1.54, 1.807) is 30.3 Å². The molecular formula is C24H17Cl2FN2O4. The van der Waals surface area contributed by atoms with Crippen LogP contribution in [0.4, 0.5) is 10.1 Å². The lowest BCUT2D eigenvalue weighted by atomic mass is 9.97. The Bertz CT molecular complexity index is 1180. The molecule has 0 saturated carbocycles. The summed E-state index contributed by atoms with van der Waals surface area (Å²) in [6, 6.07) is 13.3. The molecule has 0 bridgehead atoms. The Kier molecular flexibility index (Phi) is 6.35. The van der Waals surface area contributed by atoms with Gasteiger partial charge in [0.1, 0.15) is 11.9 Å². The Labute approximate surface area is 198 Å². The number of fused-ring (bicyclic) bond motifs is 1. The van der Waals surface area contributed by atoms with Crippen LogP contribution in [-0.2, 0) is 14.3 Å². The van der Waals surface area contributed by atoms with Crippen LogP contribution in [0.2, 0.25) is 10.0 Å². The molecule has 3 aromatic rings. The van der Waals surface area contributed by atoms with Gasteiger partial charge in [0, 0.05) is 10.0 Å². The van der Waals surface area contributed by atoms with Gasteiger partial charge in [-0.15, -0.1) is 0 Å². The van der Waals surface area contributed by atoms with Crippen LogP contribution in [-0.4, -0.2) is 29.8 Å². The van der Waals surface area contributed by atoms with Crippen molar-refractivity contribution in [3.63, 3.8) is 0 Å². The van der Waals surface area contributed by atoms with E-state index in [2.05, 4.69) is 5.32 Å². The van der Waals surface area contributed by atoms with Gasteiger partial charge in [-0.3, -0.25) is 9.59 Å². The van der Waals surface area contributed by atoms with Gasteiger partial charge < -0.3 is 15.0 Å². The maximum absolute atomic E-state index is 13.9. The fraction of sp³-hybridized carbons (Fsp3) is 0.125. The highest BCUT2D eigenvalue weighted by Crippen LogP contribution is 2.39. The Hall–Kier alpha value is -3.42. The summed E-state index contributed by atoms with van der Waals surface area (Å²) in [5.41, 5.74) is 1.04. The first-order chi connectivity index (χ1) is 15.8. The van der Waals surface area contributed by atoms with E-state index in [0.29, 0.717) is 10.6 Å². The molecule has 1 heterocycles. The monoisotopic (exact) mass is 486 g/mol. The first kappa shape index (κ1) is 22.8. The number of nitrogens with one attached hydrogen (secondary N) is 1. The number of carbonyl (C=O) groups is 3. The van der Waals surface area contributed by atoms with Crippen molar-refractivity contribution in [3.8, 4) is 0 Å². The second-order valence-corrected chi connectivity index (χ2v) is 8.20.